The number of nitrogens with one attached hydrogen (secondary N) is 2. The topological polar surface area (TPSA) is 154 Å². The molecule has 0 unspecified atom stereocenters. The molecule has 0 radical (unpaired) electrons. The molecule has 4 aromatic rings. The van der Waals surface area contributed by atoms with Gasteiger partial charge in [-0.3, -0.25) is 14.8 Å². The predicted molar refractivity (Wildman–Crippen MR) is 190 cm³/mol. The number of hydrogen-bond acceptors (Lipinski definition) is 12. The van der Waals surface area contributed by atoms with Crippen LogP contribution in [-0.4, -0.2) is 102 Å². The fraction of sp³-hybridized carbons (Fsp3) is 0.514. The largest absolute Gasteiger partial charge is 0.390 e. The molecule has 14 heteroatoms. The van der Waals surface area contributed by atoms with Gasteiger partial charge in [0, 0.05) is 80.7 Å². The molecule has 0 amide bonds. The van der Waals surface area contributed by atoms with Crippen molar-refractivity contribution < 1.29 is 13.5 Å². The number of piperazine rings is 1. The maximum Gasteiger partial charge on any atom is 0.256 e. The average Bonchev–Trinajstić information content (AvgIpc) is 3.84. The second-order valence-electron chi connectivity index (χ2n) is 14.2. The molecule has 1 saturated heterocycles. The Morgan fingerprint density at radius 3 is 2.43 bits per heavy atom. The molecule has 0 bridgehead atoms. The van der Waals surface area contributed by atoms with Gasteiger partial charge in [0.05, 0.1) is 34.5 Å². The van der Waals surface area contributed by atoms with Crippen LogP contribution in [0, 0.1) is 0 Å². The van der Waals surface area contributed by atoms with Gasteiger partial charge in [-0.2, -0.15) is 9.19 Å². The first-order valence-corrected chi connectivity index (χ1v) is 18.8. The lowest BCUT2D eigenvalue weighted by atomic mass is 9.83. The summed E-state index contributed by atoms with van der Waals surface area (Å²) < 4.78 is 26.3. The lowest BCUT2D eigenvalue weighted by molar-refractivity contribution is 0.0196. The second kappa shape index (κ2) is 13.7. The number of aliphatic hydroxyl groups is 1. The van der Waals surface area contributed by atoms with E-state index in [4.69, 9.17) is 9.97 Å². The van der Waals surface area contributed by atoms with Crippen LogP contribution in [0.3, 0.4) is 0 Å². The van der Waals surface area contributed by atoms with E-state index in [1.165, 1.54) is 18.0 Å². The van der Waals surface area contributed by atoms with E-state index < -0.39 is 15.6 Å². The SMILES string of the molecule is CC(C)N1CCN(Cc2ccc(-c3cnc(Nc4ccnc(-c5cnn(S(=O)(=O)C6CC6)c5)n4)cc3NC3CCC(C)(O)CC3)nc2)CC1. The van der Waals surface area contributed by atoms with Gasteiger partial charge in [0.1, 0.15) is 11.6 Å². The number of anilines is 3. The van der Waals surface area contributed by atoms with Gasteiger partial charge >= 0.3 is 0 Å². The van der Waals surface area contributed by atoms with Crippen molar-refractivity contribution in [1.29, 1.82) is 0 Å². The number of nitrogens with zero attached hydrogens (tertiary/aromatic N) is 8. The summed E-state index contributed by atoms with van der Waals surface area (Å²) in [4.78, 5) is 23.6. The van der Waals surface area contributed by atoms with Gasteiger partial charge in [0.2, 0.25) is 0 Å². The van der Waals surface area contributed by atoms with Crippen molar-refractivity contribution in [2.75, 3.05) is 36.8 Å². The van der Waals surface area contributed by atoms with Crippen LogP contribution >= 0.6 is 0 Å². The monoisotopic (exact) mass is 686 g/mol. The van der Waals surface area contributed by atoms with Crippen LogP contribution in [0.15, 0.2) is 55.2 Å². The Balaban J connectivity index is 1.09. The third-order valence-electron chi connectivity index (χ3n) is 9.91. The van der Waals surface area contributed by atoms with E-state index in [1.54, 1.807) is 12.3 Å². The minimum atomic E-state index is -3.48. The van der Waals surface area contributed by atoms with Gasteiger partial charge in [0.15, 0.2) is 5.82 Å². The van der Waals surface area contributed by atoms with Crippen molar-refractivity contribution in [1.82, 2.24) is 38.9 Å². The lowest BCUT2D eigenvalue weighted by Crippen LogP contribution is -2.48. The Morgan fingerprint density at radius 1 is 0.959 bits per heavy atom. The molecule has 3 aliphatic rings. The maximum absolute atomic E-state index is 12.6. The molecule has 13 nitrogen and oxygen atoms in total. The summed E-state index contributed by atoms with van der Waals surface area (Å²) in [5.41, 5.74) is 3.70. The van der Waals surface area contributed by atoms with Crippen molar-refractivity contribution in [3.8, 4) is 22.6 Å². The average molecular weight is 687 g/mol. The third kappa shape index (κ3) is 7.93. The Labute approximate surface area is 288 Å². The first-order chi connectivity index (χ1) is 23.5. The third-order valence-corrected chi connectivity index (χ3v) is 11.9. The number of rotatable bonds is 11. The van der Waals surface area contributed by atoms with Crippen LogP contribution < -0.4 is 10.6 Å². The van der Waals surface area contributed by atoms with E-state index in [1.807, 2.05) is 25.4 Å². The van der Waals surface area contributed by atoms with Gasteiger partial charge in [-0.15, -0.1) is 0 Å². The summed E-state index contributed by atoms with van der Waals surface area (Å²) in [7, 11) is -3.48. The maximum atomic E-state index is 12.6. The fourth-order valence-electron chi connectivity index (χ4n) is 6.60. The molecule has 3 fully saturated rings. The minimum absolute atomic E-state index is 0.201. The summed E-state index contributed by atoms with van der Waals surface area (Å²) >= 11 is 0. The molecule has 5 heterocycles. The van der Waals surface area contributed by atoms with E-state index in [-0.39, 0.29) is 11.3 Å². The van der Waals surface area contributed by atoms with Crippen LogP contribution in [-0.2, 0) is 16.6 Å². The highest BCUT2D eigenvalue weighted by molar-refractivity contribution is 7.90. The van der Waals surface area contributed by atoms with Crippen molar-refractivity contribution in [2.45, 2.75) is 88.8 Å². The molecule has 1 aliphatic heterocycles. The zero-order valence-electron chi connectivity index (χ0n) is 28.5. The van der Waals surface area contributed by atoms with Gasteiger partial charge in [0.25, 0.3) is 10.0 Å². The van der Waals surface area contributed by atoms with E-state index in [2.05, 4.69) is 61.5 Å². The van der Waals surface area contributed by atoms with E-state index in [9.17, 15) is 13.5 Å². The standard InChI is InChI=1S/C35H46N10O3S/c1-24(2)44-16-14-43(15-17-44)22-25-4-7-30(37-19-25)29-21-38-33(18-31(29)40-27-8-11-35(3,46)12-9-27)41-32-10-13-36-34(42-32)26-20-39-45(23-26)49(47,48)28-5-6-28/h4,7,10,13,18-21,23-24,27-28,46H,5-6,8-9,11-12,14-17,22H2,1-3H3,(H2,36,38,40,41,42). The van der Waals surface area contributed by atoms with Crippen LogP contribution in [0.4, 0.5) is 17.3 Å². The van der Waals surface area contributed by atoms with E-state index >= 15 is 0 Å². The molecule has 7 rings (SSSR count). The molecule has 0 atom stereocenters. The van der Waals surface area contributed by atoms with Crippen LogP contribution in [0.2, 0.25) is 0 Å². The van der Waals surface area contributed by atoms with Crippen molar-refractivity contribution in [3.63, 3.8) is 0 Å². The number of pyridine rings is 2. The van der Waals surface area contributed by atoms with Crippen molar-refractivity contribution >= 4 is 27.3 Å². The fourth-order valence-corrected chi connectivity index (χ4v) is 8.08. The van der Waals surface area contributed by atoms with Crippen LogP contribution in [0.5, 0.6) is 0 Å². The normalized spacial score (nSPS) is 22.3. The van der Waals surface area contributed by atoms with Crippen molar-refractivity contribution in [3.05, 3.63) is 60.8 Å². The van der Waals surface area contributed by atoms with Gasteiger partial charge in [-0.1, -0.05) is 6.07 Å². The molecule has 0 aromatic carbocycles. The molecule has 2 aliphatic carbocycles. The Morgan fingerprint density at radius 2 is 1.73 bits per heavy atom. The quantitative estimate of drug-likeness (QED) is 0.203. The molecule has 3 N–H and O–H groups in total. The zero-order chi connectivity index (χ0) is 34.2. The van der Waals surface area contributed by atoms with Gasteiger partial charge < -0.3 is 15.7 Å². The highest BCUT2D eigenvalue weighted by atomic mass is 32.2. The second-order valence-corrected chi connectivity index (χ2v) is 16.3. The molecule has 260 valence electrons. The van der Waals surface area contributed by atoms with E-state index in [0.29, 0.717) is 41.9 Å². The first-order valence-electron chi connectivity index (χ1n) is 17.3. The lowest BCUT2D eigenvalue weighted by Gasteiger charge is -2.36. The highest BCUT2D eigenvalue weighted by Crippen LogP contribution is 2.35. The molecular formula is C35H46N10O3S. The van der Waals surface area contributed by atoms with Crippen molar-refractivity contribution in [2.24, 2.45) is 0 Å². The Hall–Kier alpha value is -3.98. The summed E-state index contributed by atoms with van der Waals surface area (Å²) in [6, 6.07) is 8.72. The van der Waals surface area contributed by atoms with Crippen LogP contribution in [0.25, 0.3) is 22.6 Å². The van der Waals surface area contributed by atoms with E-state index in [0.717, 1.165) is 79.4 Å². The highest BCUT2D eigenvalue weighted by Gasteiger charge is 2.38. The summed E-state index contributed by atoms with van der Waals surface area (Å²) in [6.07, 6.45) is 12.9. The summed E-state index contributed by atoms with van der Waals surface area (Å²) in [5.74, 6) is 1.46. The molecule has 2 saturated carbocycles. The number of hydrogen-bond donors (Lipinski definition) is 3. The number of aromatic nitrogens is 6. The first kappa shape index (κ1) is 33.5. The minimum Gasteiger partial charge on any atom is -0.390 e. The van der Waals surface area contributed by atoms with Gasteiger partial charge in [-0.05, 0) is 77.0 Å². The molecule has 49 heavy (non-hydrogen) atoms. The zero-order valence-corrected chi connectivity index (χ0v) is 29.3. The molecular weight excluding hydrogens is 641 g/mol. The van der Waals surface area contributed by atoms with Crippen LogP contribution in [0.1, 0.15) is 64.9 Å². The predicted octanol–water partition coefficient (Wildman–Crippen LogP) is 4.51. The Kier molecular flexibility index (Phi) is 9.39. The molecule has 4 aromatic heterocycles. The summed E-state index contributed by atoms with van der Waals surface area (Å²) in [6.45, 7) is 11.6. The molecule has 0 spiro atoms. The van der Waals surface area contributed by atoms with Gasteiger partial charge in [-0.25, -0.2) is 23.4 Å². The Bertz CT molecular complexity index is 1860. The smallest absolute Gasteiger partial charge is 0.256 e. The summed E-state index contributed by atoms with van der Waals surface area (Å²) in [5, 5.41) is 21.3.